The molecule has 0 unspecified atom stereocenters. The van der Waals surface area contributed by atoms with E-state index in [2.05, 4.69) is 24.6 Å². The largest absolute Gasteiger partial charge is 0.385 e. The van der Waals surface area contributed by atoms with Crippen molar-refractivity contribution in [1.82, 2.24) is 0 Å². The van der Waals surface area contributed by atoms with Gasteiger partial charge in [-0.15, -0.1) is 0 Å². The first-order valence-corrected chi connectivity index (χ1v) is 7.53. The zero-order valence-electron chi connectivity index (χ0n) is 12.9. The van der Waals surface area contributed by atoms with E-state index in [0.29, 0.717) is 5.69 Å². The molecule has 1 aromatic carbocycles. The fourth-order valence-electron chi connectivity index (χ4n) is 2.17. The lowest BCUT2D eigenvalue weighted by Crippen LogP contribution is -2.08. The Labute approximate surface area is 126 Å². The molecule has 0 fully saturated rings. The first kappa shape index (κ1) is 17.2. The van der Waals surface area contributed by atoms with E-state index in [9.17, 15) is 10.1 Å². The second-order valence-electron chi connectivity index (χ2n) is 5.69. The van der Waals surface area contributed by atoms with Crippen LogP contribution >= 0.6 is 0 Å². The summed E-state index contributed by atoms with van der Waals surface area (Å²) in [6, 6.07) is 4.71. The number of non-ortho nitro benzene ring substituents is 1. The number of rotatable bonds is 10. The van der Waals surface area contributed by atoms with E-state index in [-0.39, 0.29) is 5.69 Å². The Morgan fingerprint density at radius 2 is 1.81 bits per heavy atom. The number of anilines is 2. The average Bonchev–Trinajstić information content (AvgIpc) is 2.45. The number of hydrogen-bond donors (Lipinski definition) is 3. The van der Waals surface area contributed by atoms with Crippen molar-refractivity contribution in [2.45, 2.75) is 46.0 Å². The van der Waals surface area contributed by atoms with Gasteiger partial charge in [0.25, 0.3) is 5.69 Å². The Morgan fingerprint density at radius 3 is 2.43 bits per heavy atom. The average molecular weight is 294 g/mol. The second kappa shape index (κ2) is 9.18. The van der Waals surface area contributed by atoms with Crippen LogP contribution in [0.25, 0.3) is 0 Å². The third-order valence-corrected chi connectivity index (χ3v) is 3.33. The molecule has 0 aliphatic rings. The number of nitrogen functional groups attached to an aromatic ring is 1. The van der Waals surface area contributed by atoms with Gasteiger partial charge >= 0.3 is 0 Å². The molecule has 0 atom stereocenters. The summed E-state index contributed by atoms with van der Waals surface area (Å²) >= 11 is 0. The SMILES string of the molecule is CC(C)CCCCCCNc1cc(NN)cc([N+](=O)[O-])c1. The molecule has 0 aliphatic heterocycles. The highest BCUT2D eigenvalue weighted by Crippen LogP contribution is 2.23. The Bertz CT molecular complexity index is 449. The van der Waals surface area contributed by atoms with E-state index in [1.165, 1.54) is 37.8 Å². The van der Waals surface area contributed by atoms with Crippen molar-refractivity contribution in [3.05, 3.63) is 28.3 Å². The van der Waals surface area contributed by atoms with Gasteiger partial charge in [-0.3, -0.25) is 16.0 Å². The highest BCUT2D eigenvalue weighted by atomic mass is 16.6. The van der Waals surface area contributed by atoms with Crippen molar-refractivity contribution in [2.75, 3.05) is 17.3 Å². The van der Waals surface area contributed by atoms with Crippen molar-refractivity contribution in [1.29, 1.82) is 0 Å². The first-order chi connectivity index (χ1) is 10.0. The van der Waals surface area contributed by atoms with Gasteiger partial charge in [0.2, 0.25) is 0 Å². The Morgan fingerprint density at radius 1 is 1.14 bits per heavy atom. The Balaban J connectivity index is 2.34. The van der Waals surface area contributed by atoms with E-state index >= 15 is 0 Å². The molecule has 0 aliphatic carbocycles. The Kier molecular flexibility index (Phi) is 7.53. The van der Waals surface area contributed by atoms with Crippen LogP contribution in [-0.2, 0) is 0 Å². The summed E-state index contributed by atoms with van der Waals surface area (Å²) in [6.45, 7) is 5.30. The predicted molar refractivity (Wildman–Crippen MR) is 87.3 cm³/mol. The summed E-state index contributed by atoms with van der Waals surface area (Å²) < 4.78 is 0. The maximum Gasteiger partial charge on any atom is 0.273 e. The van der Waals surface area contributed by atoms with Crippen molar-refractivity contribution < 1.29 is 4.92 Å². The van der Waals surface area contributed by atoms with Crippen molar-refractivity contribution in [3.63, 3.8) is 0 Å². The molecule has 4 N–H and O–H groups in total. The summed E-state index contributed by atoms with van der Waals surface area (Å²) in [4.78, 5) is 10.4. The van der Waals surface area contributed by atoms with Crippen LogP contribution in [0.1, 0.15) is 46.0 Å². The van der Waals surface area contributed by atoms with E-state index in [0.717, 1.165) is 24.6 Å². The zero-order valence-corrected chi connectivity index (χ0v) is 12.9. The van der Waals surface area contributed by atoms with Gasteiger partial charge in [-0.1, -0.05) is 39.5 Å². The number of nitro groups is 1. The summed E-state index contributed by atoms with van der Waals surface area (Å²) in [5.41, 5.74) is 3.73. The third kappa shape index (κ3) is 6.94. The molecule has 1 aromatic rings. The highest BCUT2D eigenvalue weighted by molar-refractivity contribution is 5.63. The van der Waals surface area contributed by atoms with E-state index in [4.69, 9.17) is 5.84 Å². The topological polar surface area (TPSA) is 93.2 Å². The maximum atomic E-state index is 10.8. The number of benzene rings is 1. The van der Waals surface area contributed by atoms with Gasteiger partial charge in [0.1, 0.15) is 0 Å². The van der Waals surface area contributed by atoms with E-state index in [1.807, 2.05) is 0 Å². The van der Waals surface area contributed by atoms with E-state index in [1.54, 1.807) is 6.07 Å². The van der Waals surface area contributed by atoms with Crippen molar-refractivity contribution >= 4 is 17.1 Å². The lowest BCUT2D eigenvalue weighted by atomic mass is 10.0. The van der Waals surface area contributed by atoms with Gasteiger partial charge < -0.3 is 10.7 Å². The van der Waals surface area contributed by atoms with Crippen molar-refractivity contribution in [2.24, 2.45) is 11.8 Å². The number of nitrogens with two attached hydrogens (primary N) is 1. The van der Waals surface area contributed by atoms with Gasteiger partial charge in [0.15, 0.2) is 0 Å². The Hall–Kier alpha value is -1.82. The van der Waals surface area contributed by atoms with Crippen LogP contribution in [0.15, 0.2) is 18.2 Å². The van der Waals surface area contributed by atoms with Crippen molar-refractivity contribution in [3.8, 4) is 0 Å². The van der Waals surface area contributed by atoms with Crippen LogP contribution in [0.4, 0.5) is 17.1 Å². The molecule has 1 rings (SSSR count). The van der Waals surface area contributed by atoms with Crippen LogP contribution in [-0.4, -0.2) is 11.5 Å². The molecule has 118 valence electrons. The number of nitrogens with zero attached hydrogens (tertiary/aromatic N) is 1. The van der Waals surface area contributed by atoms with Gasteiger partial charge in [-0.2, -0.15) is 0 Å². The molecule has 0 saturated carbocycles. The minimum Gasteiger partial charge on any atom is -0.385 e. The minimum atomic E-state index is -0.419. The molecule has 6 heteroatoms. The zero-order chi connectivity index (χ0) is 15.7. The highest BCUT2D eigenvalue weighted by Gasteiger charge is 2.09. The molecular weight excluding hydrogens is 268 g/mol. The smallest absolute Gasteiger partial charge is 0.273 e. The summed E-state index contributed by atoms with van der Waals surface area (Å²) in [7, 11) is 0. The first-order valence-electron chi connectivity index (χ1n) is 7.53. The van der Waals surface area contributed by atoms with Gasteiger partial charge in [0, 0.05) is 24.4 Å². The fourth-order valence-corrected chi connectivity index (χ4v) is 2.17. The second-order valence-corrected chi connectivity index (χ2v) is 5.69. The molecule has 0 saturated heterocycles. The lowest BCUT2D eigenvalue weighted by Gasteiger charge is -2.09. The van der Waals surface area contributed by atoms with Crippen LogP contribution in [0.2, 0.25) is 0 Å². The van der Waals surface area contributed by atoms with Crippen LogP contribution in [0.5, 0.6) is 0 Å². The normalized spacial score (nSPS) is 10.7. The molecule has 0 bridgehead atoms. The number of nitrogens with one attached hydrogen (secondary N) is 2. The molecule has 0 spiro atoms. The molecule has 21 heavy (non-hydrogen) atoms. The van der Waals surface area contributed by atoms with Gasteiger partial charge in [0.05, 0.1) is 10.6 Å². The molecular formula is C15H26N4O2. The molecule has 0 heterocycles. The molecule has 0 radical (unpaired) electrons. The minimum absolute atomic E-state index is 0.0323. The van der Waals surface area contributed by atoms with Crippen LogP contribution in [0.3, 0.4) is 0 Å². The van der Waals surface area contributed by atoms with Gasteiger partial charge in [-0.25, -0.2) is 0 Å². The molecule has 0 amide bonds. The van der Waals surface area contributed by atoms with Crippen LogP contribution < -0.4 is 16.6 Å². The predicted octanol–water partition coefficient (Wildman–Crippen LogP) is 3.90. The monoisotopic (exact) mass is 294 g/mol. The summed E-state index contributed by atoms with van der Waals surface area (Å²) in [5.74, 6) is 6.09. The third-order valence-electron chi connectivity index (χ3n) is 3.33. The quantitative estimate of drug-likeness (QED) is 0.263. The number of nitro benzene ring substituents is 1. The number of hydrogen-bond acceptors (Lipinski definition) is 5. The molecule has 6 nitrogen and oxygen atoms in total. The maximum absolute atomic E-state index is 10.8. The molecule has 0 aromatic heterocycles. The van der Waals surface area contributed by atoms with Crippen LogP contribution in [0, 0.1) is 16.0 Å². The summed E-state index contributed by atoms with van der Waals surface area (Å²) in [5, 5.41) is 14.0. The fraction of sp³-hybridized carbons (Fsp3) is 0.600. The van der Waals surface area contributed by atoms with E-state index < -0.39 is 4.92 Å². The standard InChI is InChI=1S/C15H26N4O2/c1-12(2)7-5-3-4-6-8-17-13-9-14(18-16)11-15(10-13)19(20)21/h9-12,17-18H,3-8,16H2,1-2H3. The number of hydrazine groups is 1. The number of unbranched alkanes of at least 4 members (excludes halogenated alkanes) is 3. The van der Waals surface area contributed by atoms with Gasteiger partial charge in [-0.05, 0) is 18.4 Å². The summed E-state index contributed by atoms with van der Waals surface area (Å²) in [6.07, 6.45) is 6.03. The lowest BCUT2D eigenvalue weighted by molar-refractivity contribution is -0.384.